The smallest absolute Gasteiger partial charge is 0.894 e. The van der Waals surface area contributed by atoms with Crippen LogP contribution in [0.3, 0.4) is 0 Å². The topological polar surface area (TPSA) is 277 Å². The molecule has 0 aliphatic rings. The fourth-order valence-corrected chi connectivity index (χ4v) is 0. The predicted molar refractivity (Wildman–Crippen MR) is 40.3 cm³/mol. The summed E-state index contributed by atoms with van der Waals surface area (Å²) in [6.07, 6.45) is 0. The molecular formula is Ga4O12Si3. The van der Waals surface area contributed by atoms with E-state index in [9.17, 15) is 0 Å². The van der Waals surface area contributed by atoms with Gasteiger partial charge in [0, 0.05) is 0 Å². The van der Waals surface area contributed by atoms with E-state index in [0.717, 1.165) is 0 Å². The normalized spacial score (nSPS) is 9.47. The van der Waals surface area contributed by atoms with Crippen LogP contribution < -0.4 is 57.5 Å². The van der Waals surface area contributed by atoms with Crippen LogP contribution in [0.15, 0.2) is 0 Å². The zero-order chi connectivity index (χ0) is 13.5. The van der Waals surface area contributed by atoms with E-state index in [-0.39, 0.29) is 79.2 Å². The molecule has 0 spiro atoms. The fraction of sp³-hybridized carbons (Fsp3) is 0. The van der Waals surface area contributed by atoms with Crippen LogP contribution in [0.2, 0.25) is 0 Å². The molecule has 19 heavy (non-hydrogen) atoms. The van der Waals surface area contributed by atoms with Gasteiger partial charge in [0.15, 0.2) is 0 Å². The Labute approximate surface area is 162 Å². The minimum Gasteiger partial charge on any atom is -0.894 e. The number of rotatable bonds is 0. The van der Waals surface area contributed by atoms with E-state index in [1.807, 2.05) is 0 Å². The van der Waals surface area contributed by atoms with Crippen molar-refractivity contribution < 1.29 is 57.5 Å². The Morgan fingerprint density at radius 1 is 0.263 bits per heavy atom. The molecule has 0 N–H and O–H groups in total. The first-order valence-corrected chi connectivity index (χ1v) is 7.35. The molecule has 0 rings (SSSR count). The third-order valence-corrected chi connectivity index (χ3v) is 0. The molecule has 0 bridgehead atoms. The second kappa shape index (κ2) is 18.8. The van der Waals surface area contributed by atoms with E-state index in [0.29, 0.717) is 0 Å². The Hall–Kier alpha value is 2.72. The summed E-state index contributed by atoms with van der Waals surface area (Å²) in [4.78, 5) is 103. The molecule has 0 saturated carbocycles. The molecule has 0 aromatic carbocycles. The van der Waals surface area contributed by atoms with Crippen molar-refractivity contribution in [3.8, 4) is 0 Å². The Kier molecular flexibility index (Phi) is 42.5. The SMILES string of the molecule is [Ga+3].[Ga+3].[Ga+3].[Ga+3].[O-][Si]([O-])([O-])[O-].[O-][Si]([O-])([O-])[O-].[O-][Si]([O-])([O-])[O-]. The summed E-state index contributed by atoms with van der Waals surface area (Å²) < 4.78 is 0. The van der Waals surface area contributed by atoms with Crippen LogP contribution in [0.1, 0.15) is 0 Å². The van der Waals surface area contributed by atoms with Crippen molar-refractivity contribution in [2.75, 3.05) is 0 Å². The maximum Gasteiger partial charge on any atom is 3.00 e. The molecular weight excluding hydrogens is 555 g/mol. The van der Waals surface area contributed by atoms with Gasteiger partial charge in [-0.2, -0.15) is 0 Å². The summed E-state index contributed by atoms with van der Waals surface area (Å²) in [5.74, 6) is 0. The molecule has 0 amide bonds. The van der Waals surface area contributed by atoms with Crippen molar-refractivity contribution in [3.63, 3.8) is 0 Å². The fourth-order valence-electron chi connectivity index (χ4n) is 0. The zero-order valence-corrected chi connectivity index (χ0v) is 21.4. The minimum atomic E-state index is -5.61. The standard InChI is InChI=1S/4Ga.3O4Si/c;;;;3*1-5(2,3)4/q4*+3;3*-4. The van der Waals surface area contributed by atoms with E-state index < -0.39 is 27.1 Å². The number of hydrogen-bond acceptors (Lipinski definition) is 12. The molecule has 12 nitrogen and oxygen atoms in total. The molecule has 96 valence electrons. The van der Waals surface area contributed by atoms with Crippen LogP contribution in [-0.2, 0) is 0 Å². The van der Waals surface area contributed by atoms with Gasteiger partial charge in [0.05, 0.1) is 0 Å². The molecule has 0 aliphatic carbocycles. The average molecular weight is 555 g/mol. The van der Waals surface area contributed by atoms with E-state index in [4.69, 9.17) is 57.5 Å². The second-order valence-corrected chi connectivity index (χ2v) is 4.50. The third kappa shape index (κ3) is 984. The van der Waals surface area contributed by atoms with Crippen molar-refractivity contribution in [1.82, 2.24) is 0 Å². The van der Waals surface area contributed by atoms with Crippen molar-refractivity contribution in [2.45, 2.75) is 0 Å². The molecule has 0 unspecified atom stereocenters. The van der Waals surface area contributed by atoms with Gasteiger partial charge in [0.1, 0.15) is 0 Å². The van der Waals surface area contributed by atoms with Crippen molar-refractivity contribution >= 4 is 106 Å². The molecule has 0 atom stereocenters. The minimum absolute atomic E-state index is 0. The monoisotopic (exact) mass is 552 g/mol. The van der Waals surface area contributed by atoms with Crippen LogP contribution >= 0.6 is 0 Å². The molecule has 19 heteroatoms. The van der Waals surface area contributed by atoms with Crippen molar-refractivity contribution in [2.24, 2.45) is 0 Å². The summed E-state index contributed by atoms with van der Waals surface area (Å²) >= 11 is 0. The van der Waals surface area contributed by atoms with Crippen molar-refractivity contribution in [3.05, 3.63) is 0 Å². The maximum absolute atomic E-state index is 8.58. The van der Waals surface area contributed by atoms with Crippen molar-refractivity contribution in [1.29, 1.82) is 0 Å². The van der Waals surface area contributed by atoms with Gasteiger partial charge in [0.2, 0.25) is 0 Å². The van der Waals surface area contributed by atoms with Gasteiger partial charge >= 0.3 is 79.2 Å². The first-order valence-electron chi connectivity index (χ1n) is 2.45. The molecule has 0 aromatic rings. The summed E-state index contributed by atoms with van der Waals surface area (Å²) in [6, 6.07) is 0. The third-order valence-electron chi connectivity index (χ3n) is 0. The Morgan fingerprint density at radius 2 is 0.263 bits per heavy atom. The van der Waals surface area contributed by atoms with Gasteiger partial charge in [-0.1, -0.05) is 0 Å². The molecule has 0 radical (unpaired) electrons. The summed E-state index contributed by atoms with van der Waals surface area (Å²) in [7, 11) is -16.8. The summed E-state index contributed by atoms with van der Waals surface area (Å²) in [6.45, 7) is 0. The van der Waals surface area contributed by atoms with Crippen LogP contribution in [-0.4, -0.2) is 106 Å². The quantitative estimate of drug-likeness (QED) is 0.252. The van der Waals surface area contributed by atoms with Crippen LogP contribution in [0.4, 0.5) is 0 Å². The summed E-state index contributed by atoms with van der Waals surface area (Å²) in [5.41, 5.74) is 0. The van der Waals surface area contributed by atoms with Gasteiger partial charge in [-0.25, -0.2) is 0 Å². The summed E-state index contributed by atoms with van der Waals surface area (Å²) in [5, 5.41) is 0. The molecule has 0 heterocycles. The van der Waals surface area contributed by atoms with E-state index in [2.05, 4.69) is 0 Å². The molecule has 0 aromatic heterocycles. The van der Waals surface area contributed by atoms with E-state index in [1.54, 1.807) is 0 Å². The number of hydrogen-bond donors (Lipinski definition) is 0. The van der Waals surface area contributed by atoms with Crippen LogP contribution in [0.25, 0.3) is 0 Å². The van der Waals surface area contributed by atoms with Gasteiger partial charge in [-0.15, -0.1) is 0 Å². The Bertz CT molecular complexity index is 100.0. The van der Waals surface area contributed by atoms with E-state index in [1.165, 1.54) is 0 Å². The van der Waals surface area contributed by atoms with Gasteiger partial charge in [-0.05, 0) is 0 Å². The van der Waals surface area contributed by atoms with Crippen LogP contribution in [0.5, 0.6) is 0 Å². The predicted octanol–water partition coefficient (Wildman–Crippen LogP) is -16.9. The van der Waals surface area contributed by atoms with Gasteiger partial charge in [-0.3, -0.25) is 0 Å². The zero-order valence-electron chi connectivity index (χ0n) is 8.71. The molecule has 0 aliphatic heterocycles. The van der Waals surface area contributed by atoms with Gasteiger partial charge in [0.25, 0.3) is 0 Å². The van der Waals surface area contributed by atoms with E-state index >= 15 is 0 Å². The maximum atomic E-state index is 8.58. The Balaban J connectivity index is -0.0000000206. The second-order valence-electron chi connectivity index (χ2n) is 1.50. The van der Waals surface area contributed by atoms with Crippen LogP contribution in [0, 0.1) is 0 Å². The first-order chi connectivity index (χ1) is 6.00. The van der Waals surface area contributed by atoms with Gasteiger partial charge < -0.3 is 84.7 Å². The Morgan fingerprint density at radius 3 is 0.263 bits per heavy atom. The molecule has 0 saturated heterocycles. The first kappa shape index (κ1) is 43.0. The largest absolute Gasteiger partial charge is 3.00 e. The average Bonchev–Trinajstić information content (AvgIpc) is 1.41. The molecule has 0 fully saturated rings.